The number of rotatable bonds is 5. The summed E-state index contributed by atoms with van der Waals surface area (Å²) in [6, 6.07) is 4.57. The first-order valence-electron chi connectivity index (χ1n) is 12.0. The van der Waals surface area contributed by atoms with Gasteiger partial charge in [0.1, 0.15) is 6.04 Å². The maximum absolute atomic E-state index is 13.2. The molecule has 0 aliphatic carbocycles. The molecule has 11 nitrogen and oxygen atoms in total. The molecule has 3 unspecified atom stereocenters. The van der Waals surface area contributed by atoms with Gasteiger partial charge in [0.25, 0.3) is 11.8 Å². The number of amides is 4. The lowest BCUT2D eigenvalue weighted by Gasteiger charge is -2.39. The molecule has 2 aromatic rings. The minimum Gasteiger partial charge on any atom is -0.396 e. The zero-order valence-electron chi connectivity index (χ0n) is 19.5. The first-order valence-corrected chi connectivity index (χ1v) is 12.0. The molecule has 3 aliphatic heterocycles. The molecule has 0 bridgehead atoms. The predicted octanol–water partition coefficient (Wildman–Crippen LogP) is 0.651. The van der Waals surface area contributed by atoms with Gasteiger partial charge in [-0.2, -0.15) is 0 Å². The van der Waals surface area contributed by atoms with Gasteiger partial charge in [0.15, 0.2) is 5.69 Å². The number of nitrogens with one attached hydrogen (secondary N) is 1. The summed E-state index contributed by atoms with van der Waals surface area (Å²) >= 11 is 0. The summed E-state index contributed by atoms with van der Waals surface area (Å²) < 4.78 is 1.46. The molecule has 184 valence electrons. The van der Waals surface area contributed by atoms with Crippen LogP contribution in [0.2, 0.25) is 0 Å². The third-order valence-corrected chi connectivity index (χ3v) is 7.29. The largest absolute Gasteiger partial charge is 0.396 e. The second-order valence-electron chi connectivity index (χ2n) is 9.49. The number of aliphatic hydroxyl groups excluding tert-OH is 1. The second-order valence-corrected chi connectivity index (χ2v) is 9.49. The molecule has 0 spiro atoms. The maximum Gasteiger partial charge on any atom is 0.276 e. The van der Waals surface area contributed by atoms with Crippen LogP contribution in [-0.2, 0) is 16.1 Å². The van der Waals surface area contributed by atoms with Crippen LogP contribution in [0, 0.1) is 5.92 Å². The zero-order chi connectivity index (χ0) is 24.7. The van der Waals surface area contributed by atoms with Crippen molar-refractivity contribution < 1.29 is 24.3 Å². The summed E-state index contributed by atoms with van der Waals surface area (Å²) in [6.07, 6.45) is 4.50. The van der Waals surface area contributed by atoms with Crippen LogP contribution in [0.3, 0.4) is 0 Å². The van der Waals surface area contributed by atoms with E-state index >= 15 is 0 Å². The van der Waals surface area contributed by atoms with Crippen LogP contribution in [0.25, 0.3) is 5.69 Å². The van der Waals surface area contributed by atoms with Crippen molar-refractivity contribution in [3.05, 3.63) is 41.2 Å². The highest BCUT2D eigenvalue weighted by atomic mass is 16.3. The summed E-state index contributed by atoms with van der Waals surface area (Å²) in [6.45, 7) is 3.02. The van der Waals surface area contributed by atoms with Crippen molar-refractivity contribution in [1.82, 2.24) is 30.1 Å². The van der Waals surface area contributed by atoms with Gasteiger partial charge in [0, 0.05) is 37.7 Å². The number of aliphatic hydroxyl groups is 1. The van der Waals surface area contributed by atoms with E-state index in [-0.39, 0.29) is 42.5 Å². The number of benzene rings is 1. The second kappa shape index (κ2) is 9.21. The Hall–Kier alpha value is -3.60. The first-order chi connectivity index (χ1) is 16.9. The molecule has 2 fully saturated rings. The molecule has 2 saturated heterocycles. The molecular weight excluding hydrogens is 452 g/mol. The molecule has 35 heavy (non-hydrogen) atoms. The highest BCUT2D eigenvalue weighted by Gasteiger charge is 2.39. The third kappa shape index (κ3) is 4.20. The lowest BCUT2D eigenvalue weighted by Crippen LogP contribution is -2.52. The van der Waals surface area contributed by atoms with Crippen molar-refractivity contribution in [3.63, 3.8) is 0 Å². The first kappa shape index (κ1) is 23.2. The van der Waals surface area contributed by atoms with Gasteiger partial charge >= 0.3 is 0 Å². The molecule has 0 radical (unpaired) electrons. The normalized spacial score (nSPS) is 24.5. The van der Waals surface area contributed by atoms with Gasteiger partial charge in [0.05, 0.1) is 11.9 Å². The van der Waals surface area contributed by atoms with Crippen molar-refractivity contribution in [1.29, 1.82) is 0 Å². The molecule has 3 atom stereocenters. The SMILES string of the molecule is CC1CCCN(C(=O)c2cn(-c3ccc4c(c3)C(=O)N(C3CCC(=O)NC3=O)C4)nn2)C1CCO. The number of carbonyl (C=O) groups excluding carboxylic acids is 4. The van der Waals surface area contributed by atoms with Crippen molar-refractivity contribution in [3.8, 4) is 5.69 Å². The van der Waals surface area contributed by atoms with Gasteiger partial charge in [-0.3, -0.25) is 24.5 Å². The average Bonchev–Trinajstić information content (AvgIpc) is 3.45. The Morgan fingerprint density at radius 3 is 2.83 bits per heavy atom. The number of imide groups is 1. The monoisotopic (exact) mass is 480 g/mol. The molecule has 4 amide bonds. The minimum absolute atomic E-state index is 0.0183. The molecule has 11 heteroatoms. The molecule has 1 aromatic carbocycles. The van der Waals surface area contributed by atoms with E-state index in [0.717, 1.165) is 18.4 Å². The van der Waals surface area contributed by atoms with Crippen LogP contribution in [0.1, 0.15) is 65.4 Å². The highest BCUT2D eigenvalue weighted by molar-refractivity contribution is 6.05. The van der Waals surface area contributed by atoms with Crippen molar-refractivity contribution in [2.45, 2.75) is 57.7 Å². The van der Waals surface area contributed by atoms with E-state index in [1.807, 2.05) is 0 Å². The van der Waals surface area contributed by atoms with Crippen LogP contribution in [0.4, 0.5) is 0 Å². The third-order valence-electron chi connectivity index (χ3n) is 7.29. The fourth-order valence-corrected chi connectivity index (χ4v) is 5.39. The summed E-state index contributed by atoms with van der Waals surface area (Å²) in [5, 5.41) is 19.9. The van der Waals surface area contributed by atoms with E-state index in [4.69, 9.17) is 0 Å². The number of likely N-dealkylation sites (tertiary alicyclic amines) is 1. The van der Waals surface area contributed by atoms with E-state index in [1.54, 1.807) is 29.3 Å². The van der Waals surface area contributed by atoms with Crippen LogP contribution >= 0.6 is 0 Å². The van der Waals surface area contributed by atoms with Crippen LogP contribution in [-0.4, -0.2) is 78.8 Å². The van der Waals surface area contributed by atoms with Crippen molar-refractivity contribution >= 4 is 23.6 Å². The van der Waals surface area contributed by atoms with Gasteiger partial charge in [-0.25, -0.2) is 4.68 Å². The van der Waals surface area contributed by atoms with E-state index in [0.29, 0.717) is 43.1 Å². The molecule has 3 aliphatic rings. The van der Waals surface area contributed by atoms with E-state index in [2.05, 4.69) is 22.6 Å². The lowest BCUT2D eigenvalue weighted by molar-refractivity contribution is -0.136. The van der Waals surface area contributed by atoms with E-state index in [9.17, 15) is 24.3 Å². The van der Waals surface area contributed by atoms with Crippen molar-refractivity contribution in [2.75, 3.05) is 13.2 Å². The number of hydrogen-bond donors (Lipinski definition) is 2. The van der Waals surface area contributed by atoms with Gasteiger partial charge in [0.2, 0.25) is 11.8 Å². The van der Waals surface area contributed by atoms with E-state index < -0.39 is 11.9 Å². The van der Waals surface area contributed by atoms with Gasteiger partial charge < -0.3 is 14.9 Å². The Morgan fingerprint density at radius 1 is 1.23 bits per heavy atom. The molecule has 1 aromatic heterocycles. The Morgan fingerprint density at radius 2 is 2.06 bits per heavy atom. The number of fused-ring (bicyclic) bond motifs is 1. The molecular formula is C24H28N6O5. The molecule has 0 saturated carbocycles. The van der Waals surface area contributed by atoms with Crippen LogP contribution in [0.5, 0.6) is 0 Å². The summed E-state index contributed by atoms with van der Waals surface area (Å²) in [7, 11) is 0. The van der Waals surface area contributed by atoms with E-state index in [1.165, 1.54) is 9.58 Å². The molecule has 2 N–H and O–H groups in total. The smallest absolute Gasteiger partial charge is 0.276 e. The summed E-state index contributed by atoms with van der Waals surface area (Å²) in [5.74, 6) is -0.973. The fraction of sp³-hybridized carbons (Fsp3) is 0.500. The minimum atomic E-state index is -0.676. The van der Waals surface area contributed by atoms with Gasteiger partial charge in [-0.1, -0.05) is 18.2 Å². The number of carbonyl (C=O) groups is 4. The topological polar surface area (TPSA) is 138 Å². The van der Waals surface area contributed by atoms with Crippen LogP contribution in [0.15, 0.2) is 24.4 Å². The maximum atomic E-state index is 13.2. The fourth-order valence-electron chi connectivity index (χ4n) is 5.39. The van der Waals surface area contributed by atoms with Gasteiger partial charge in [-0.15, -0.1) is 5.10 Å². The summed E-state index contributed by atoms with van der Waals surface area (Å²) in [4.78, 5) is 53.3. The number of nitrogens with zero attached hydrogens (tertiary/aromatic N) is 5. The summed E-state index contributed by atoms with van der Waals surface area (Å²) in [5.41, 5.74) is 2.03. The van der Waals surface area contributed by atoms with Crippen LogP contribution < -0.4 is 5.32 Å². The zero-order valence-corrected chi connectivity index (χ0v) is 19.5. The quantitative estimate of drug-likeness (QED) is 0.600. The lowest BCUT2D eigenvalue weighted by atomic mass is 9.88. The Balaban J connectivity index is 1.35. The Kier molecular flexibility index (Phi) is 6.10. The Labute approximate surface area is 202 Å². The number of piperidine rings is 2. The average molecular weight is 481 g/mol. The van der Waals surface area contributed by atoms with Gasteiger partial charge in [-0.05, 0) is 49.3 Å². The standard InChI is InChI=1S/C24H28N6O5/c1-14-3-2-9-28(19(14)8-10-31)24(35)18-13-30(27-26-18)16-5-4-15-12-29(23(34)17(15)11-16)20-6-7-21(32)25-22(20)33/h4-5,11,13-14,19-20,31H,2-3,6-10,12H2,1H3,(H,25,32,33). The number of hydrogen-bond acceptors (Lipinski definition) is 7. The molecule has 4 heterocycles. The number of aromatic nitrogens is 3. The Bertz CT molecular complexity index is 1190. The highest BCUT2D eigenvalue weighted by Crippen LogP contribution is 2.30. The molecule has 5 rings (SSSR count). The predicted molar refractivity (Wildman–Crippen MR) is 122 cm³/mol. The van der Waals surface area contributed by atoms with Crippen molar-refractivity contribution in [2.24, 2.45) is 5.92 Å².